The maximum atomic E-state index is 12.9. The summed E-state index contributed by atoms with van der Waals surface area (Å²) in [5, 5.41) is 0. The molecule has 1 saturated heterocycles. The zero-order chi connectivity index (χ0) is 33.8. The monoisotopic (exact) mass is 636 g/mol. The van der Waals surface area contributed by atoms with E-state index < -0.39 is 101 Å². The Hall–Kier alpha value is -3.48. The average Bonchev–Trinajstić information content (AvgIpc) is 3.65. The molecule has 250 valence electrons. The van der Waals surface area contributed by atoms with Gasteiger partial charge < -0.3 is 33.2 Å². The van der Waals surface area contributed by atoms with Gasteiger partial charge in [0.05, 0.1) is 12.0 Å². The molecule has 0 unspecified atom stereocenters. The molecule has 4 rings (SSSR count). The van der Waals surface area contributed by atoms with Crippen molar-refractivity contribution in [3.05, 3.63) is 11.1 Å². The van der Waals surface area contributed by atoms with Crippen LogP contribution in [0.25, 0.3) is 0 Å². The molecule has 2 bridgehead atoms. The van der Waals surface area contributed by atoms with E-state index in [0.29, 0.717) is 11.1 Å². The van der Waals surface area contributed by atoms with Crippen molar-refractivity contribution in [3.8, 4) is 0 Å². The Morgan fingerprint density at radius 3 is 1.62 bits per heavy atom. The van der Waals surface area contributed by atoms with Crippen LogP contribution in [0.4, 0.5) is 0 Å². The number of carbonyl (C=O) groups excluding carboxylic acids is 6. The third-order valence-corrected chi connectivity index (χ3v) is 10.0. The third kappa shape index (κ3) is 6.07. The fourth-order valence-electron chi connectivity index (χ4n) is 8.51. The summed E-state index contributed by atoms with van der Waals surface area (Å²) in [5.41, 5.74) is -2.50. The van der Waals surface area contributed by atoms with E-state index in [1.54, 1.807) is 13.8 Å². The molecule has 3 aliphatic carbocycles. The predicted molar refractivity (Wildman–Crippen MR) is 153 cm³/mol. The van der Waals surface area contributed by atoms with E-state index in [4.69, 9.17) is 33.2 Å². The Bertz CT molecular complexity index is 1310. The van der Waals surface area contributed by atoms with Gasteiger partial charge in [0.2, 0.25) is 0 Å². The van der Waals surface area contributed by atoms with E-state index >= 15 is 0 Å². The lowest BCUT2D eigenvalue weighted by Crippen LogP contribution is -2.72. The minimum atomic E-state index is -1.45. The van der Waals surface area contributed by atoms with E-state index in [9.17, 15) is 28.8 Å². The first-order chi connectivity index (χ1) is 20.8. The first-order valence-corrected chi connectivity index (χ1v) is 15.2. The van der Waals surface area contributed by atoms with Crippen LogP contribution in [-0.2, 0) is 61.9 Å². The van der Waals surface area contributed by atoms with Gasteiger partial charge in [-0.1, -0.05) is 20.8 Å². The number of esters is 6. The van der Waals surface area contributed by atoms with Crippen molar-refractivity contribution in [2.75, 3.05) is 6.61 Å². The number of fused-ring (bicyclic) bond motifs is 4. The van der Waals surface area contributed by atoms with Crippen molar-refractivity contribution in [2.45, 2.75) is 124 Å². The highest BCUT2D eigenvalue weighted by Gasteiger charge is 2.77. The van der Waals surface area contributed by atoms with Crippen molar-refractivity contribution in [3.63, 3.8) is 0 Å². The second-order valence-corrected chi connectivity index (χ2v) is 13.4. The van der Waals surface area contributed by atoms with Gasteiger partial charge in [-0.05, 0) is 29.9 Å². The van der Waals surface area contributed by atoms with Crippen LogP contribution >= 0.6 is 0 Å². The van der Waals surface area contributed by atoms with Gasteiger partial charge in [-0.15, -0.1) is 0 Å². The van der Waals surface area contributed by atoms with E-state index in [1.807, 2.05) is 13.8 Å². The van der Waals surface area contributed by atoms with Crippen LogP contribution < -0.4 is 0 Å². The Morgan fingerprint density at radius 1 is 0.667 bits per heavy atom. The summed E-state index contributed by atoms with van der Waals surface area (Å²) in [6.45, 7) is 14.8. The van der Waals surface area contributed by atoms with Gasteiger partial charge in [0.1, 0.15) is 30.0 Å². The summed E-state index contributed by atoms with van der Waals surface area (Å²) in [5.74, 6) is -5.35. The number of hydrogen-bond donors (Lipinski definition) is 0. The smallest absolute Gasteiger partial charge is 0.303 e. The predicted octanol–water partition coefficient (Wildman–Crippen LogP) is 2.75. The Morgan fingerprint density at radius 2 is 1.16 bits per heavy atom. The maximum absolute atomic E-state index is 12.9. The van der Waals surface area contributed by atoms with Gasteiger partial charge in [0, 0.05) is 59.8 Å². The van der Waals surface area contributed by atoms with Crippen LogP contribution in [-0.4, -0.2) is 84.6 Å². The molecule has 0 aromatic heterocycles. The standard InChI is InChI=1S/C32H44O13/c1-14-22(40-15(2)33)11-21-26(43-18(5)36)28-31(10,23(41-16(3)34)12-24(42-17(4)35)32(28)13-39-32)29(45-20(7)38)27(44-19(6)37)25(14)30(21,8)9/h21-24,26-29H,11-13H2,1-10H3/t21-,22+,23+,24+,26-,27-,28+,29+,31-,32-/m1/s1. The quantitative estimate of drug-likeness (QED) is 0.181. The highest BCUT2D eigenvalue weighted by Crippen LogP contribution is 2.66. The Kier molecular flexibility index (Phi) is 9.20. The lowest BCUT2D eigenvalue weighted by Gasteiger charge is -2.62. The van der Waals surface area contributed by atoms with Crippen LogP contribution in [0.2, 0.25) is 0 Å². The van der Waals surface area contributed by atoms with E-state index in [-0.39, 0.29) is 19.4 Å². The molecule has 13 heteroatoms. The zero-order valence-corrected chi connectivity index (χ0v) is 27.5. The molecule has 0 radical (unpaired) electrons. The van der Waals surface area contributed by atoms with Gasteiger partial charge >= 0.3 is 35.8 Å². The van der Waals surface area contributed by atoms with Crippen molar-refractivity contribution >= 4 is 35.8 Å². The van der Waals surface area contributed by atoms with Crippen LogP contribution in [0, 0.1) is 22.7 Å². The minimum Gasteiger partial charge on any atom is -0.462 e. The van der Waals surface area contributed by atoms with Gasteiger partial charge in [0.15, 0.2) is 12.2 Å². The first-order valence-electron chi connectivity index (χ1n) is 15.2. The molecule has 2 saturated carbocycles. The summed E-state index contributed by atoms with van der Waals surface area (Å²) >= 11 is 0. The lowest BCUT2D eigenvalue weighted by atomic mass is 9.47. The third-order valence-electron chi connectivity index (χ3n) is 10.0. The molecule has 45 heavy (non-hydrogen) atoms. The largest absolute Gasteiger partial charge is 0.462 e. The van der Waals surface area contributed by atoms with E-state index in [2.05, 4.69) is 0 Å². The lowest BCUT2D eigenvalue weighted by molar-refractivity contribution is -0.258. The normalized spacial score (nSPS) is 38.0. The van der Waals surface area contributed by atoms with Crippen LogP contribution in [0.3, 0.4) is 0 Å². The zero-order valence-electron chi connectivity index (χ0n) is 27.5. The Balaban J connectivity index is 2.15. The highest BCUT2D eigenvalue weighted by atomic mass is 16.6. The van der Waals surface area contributed by atoms with Gasteiger partial charge in [-0.25, -0.2) is 0 Å². The SMILES string of the molecule is CC(=O)O[C@@H]1[C@H]2C[C@H](OC(C)=O)C(C)=C([C@@H](OC(C)=O)[C@H](OC(C)=O)[C@]3(C)[C@@H](OC(C)=O)C[C@H](OC(C)=O)[C@]4(CO4)[C@@H]13)C2(C)C. The second-order valence-electron chi connectivity index (χ2n) is 13.4. The van der Waals surface area contributed by atoms with Crippen molar-refractivity contribution in [1.82, 2.24) is 0 Å². The number of hydrogen-bond acceptors (Lipinski definition) is 13. The molecular formula is C32H44O13. The van der Waals surface area contributed by atoms with Crippen molar-refractivity contribution in [1.29, 1.82) is 0 Å². The molecule has 4 aliphatic rings. The number of ether oxygens (including phenoxy) is 7. The molecule has 1 spiro atoms. The average molecular weight is 637 g/mol. The van der Waals surface area contributed by atoms with Crippen LogP contribution in [0.1, 0.15) is 82.1 Å². The van der Waals surface area contributed by atoms with Gasteiger partial charge in [-0.2, -0.15) is 0 Å². The van der Waals surface area contributed by atoms with Crippen LogP contribution in [0.15, 0.2) is 11.1 Å². The maximum Gasteiger partial charge on any atom is 0.303 e. The Labute approximate surface area is 262 Å². The second kappa shape index (κ2) is 12.0. The number of carbonyl (C=O) groups is 6. The molecule has 1 aliphatic heterocycles. The number of epoxide rings is 1. The summed E-state index contributed by atoms with van der Waals surface area (Å²) in [4.78, 5) is 76.0. The van der Waals surface area contributed by atoms with Gasteiger partial charge in [-0.3, -0.25) is 28.8 Å². The summed E-state index contributed by atoms with van der Waals surface area (Å²) in [6.07, 6.45) is -6.25. The molecule has 0 aromatic carbocycles. The van der Waals surface area contributed by atoms with E-state index in [0.717, 1.165) is 0 Å². The van der Waals surface area contributed by atoms with Crippen LogP contribution in [0.5, 0.6) is 0 Å². The molecule has 1 heterocycles. The van der Waals surface area contributed by atoms with Gasteiger partial charge in [0.25, 0.3) is 0 Å². The molecule has 0 aromatic rings. The highest BCUT2D eigenvalue weighted by molar-refractivity contribution is 5.70. The fourth-order valence-corrected chi connectivity index (χ4v) is 8.51. The fraction of sp³-hybridized carbons (Fsp3) is 0.750. The molecule has 10 atom stereocenters. The summed E-state index contributed by atoms with van der Waals surface area (Å²) in [6, 6.07) is 0. The molecular weight excluding hydrogens is 592 g/mol. The van der Waals surface area contributed by atoms with Crippen molar-refractivity contribution < 1.29 is 61.9 Å². The molecule has 0 N–H and O–H groups in total. The molecule has 3 fully saturated rings. The first kappa shape index (κ1) is 34.4. The summed E-state index contributed by atoms with van der Waals surface area (Å²) < 4.78 is 42.1. The molecule has 13 nitrogen and oxygen atoms in total. The number of rotatable bonds is 6. The summed E-state index contributed by atoms with van der Waals surface area (Å²) in [7, 11) is 0. The molecule has 0 amide bonds. The van der Waals surface area contributed by atoms with Crippen molar-refractivity contribution in [2.24, 2.45) is 22.7 Å². The van der Waals surface area contributed by atoms with E-state index in [1.165, 1.54) is 41.5 Å². The minimum absolute atomic E-state index is 0.0360. The topological polar surface area (TPSA) is 170 Å².